The Labute approximate surface area is 783 Å². The van der Waals surface area contributed by atoms with Gasteiger partial charge < -0.3 is 113 Å². The number of fused-ring (bicyclic) bond motifs is 5. The number of ether oxygens (including phenoxy) is 14. The number of amides is 2. The molecule has 134 heavy (non-hydrogen) atoms. The van der Waals surface area contributed by atoms with E-state index in [9.17, 15) is 39.0 Å². The summed E-state index contributed by atoms with van der Waals surface area (Å²) in [5, 5.41) is 37.9. The van der Waals surface area contributed by atoms with E-state index in [4.69, 9.17) is 93.0 Å². The molecule has 8 N–H and O–H groups in total. The number of esters is 1. The highest BCUT2D eigenvalue weighted by atomic mass is 16.6. The van der Waals surface area contributed by atoms with Crippen LogP contribution in [-0.2, 0) is 108 Å². The fourth-order valence-electron chi connectivity index (χ4n) is 17.6. The lowest BCUT2D eigenvalue weighted by Gasteiger charge is -2.42. The molecule has 1 aliphatic carbocycles. The number of aromatic nitrogens is 10. The zero-order valence-corrected chi connectivity index (χ0v) is 79.2. The van der Waals surface area contributed by atoms with Crippen LogP contribution >= 0.6 is 0 Å². The molecule has 3 saturated heterocycles. The number of hydrogen-bond donors (Lipinski definition) is 5. The number of nitrogens with zero attached hydrogens (tertiary/aromatic N) is 13. The highest BCUT2D eigenvalue weighted by Crippen LogP contribution is 2.39. The van der Waals surface area contributed by atoms with Gasteiger partial charge in [0.05, 0.1) is 154 Å². The third kappa shape index (κ3) is 30.5. The fourth-order valence-corrected chi connectivity index (χ4v) is 17.6. The number of aryl methyl sites for hydroxylation is 1. The van der Waals surface area contributed by atoms with E-state index in [-0.39, 0.29) is 92.2 Å². The number of hydrogen-bond acceptors (Lipinski definition) is 35. The molecule has 39 heteroatoms. The summed E-state index contributed by atoms with van der Waals surface area (Å²) in [6.45, 7) is 20.4. The van der Waals surface area contributed by atoms with Crippen molar-refractivity contribution in [2.45, 2.75) is 211 Å². The number of piperidine rings is 1. The van der Waals surface area contributed by atoms with E-state index >= 15 is 0 Å². The smallest absolute Gasteiger partial charge is 0.329 e. The predicted octanol–water partition coefficient (Wildman–Crippen LogP) is 7.27. The summed E-state index contributed by atoms with van der Waals surface area (Å²) in [5.74, 6) is -6.86. The number of piperazine rings is 1. The molecule has 2 bridgehead atoms. The van der Waals surface area contributed by atoms with Gasteiger partial charge in [-0.15, -0.1) is 5.10 Å². The van der Waals surface area contributed by atoms with Crippen LogP contribution in [0.15, 0.2) is 95.1 Å². The molecular weight excluding hydrogens is 1730 g/mol. The SMILES string of the molecule is CO[C@H]1C[C@@H]2CC[C@@H](C)[C@@](O)(O2)C(=O)C(=O)N2CCCC[C@H]2C(=O)O[C@H]([C@H](N)C[C@@H]2CC[C@@H](OCCCCc3cn(CCOCCOCCOCCOCCOCCOCCOCCOCCC(=O)N4CCN(c5cc(-n6nc(-c7ccc8oc(N)nc8c7)c7c(N)ncnc76)ncn5)CC4)nn3)[C@H](OC)C2)CC(=O)[C@H](C)/C=C(\C)[C@@H](O)[C@@H](OC)C(=O)[C@H](C)C[C@H](C)/C=C/C=C/C=C/1C. The van der Waals surface area contributed by atoms with Gasteiger partial charge in [0, 0.05) is 115 Å². The van der Waals surface area contributed by atoms with E-state index in [1.54, 1.807) is 63.4 Å². The zero-order valence-electron chi connectivity index (χ0n) is 79.2. The lowest BCUT2D eigenvalue weighted by atomic mass is 9.80. The number of nitrogen functional groups attached to an aromatic ring is 2. The summed E-state index contributed by atoms with van der Waals surface area (Å²) in [4.78, 5) is 112. The van der Waals surface area contributed by atoms with Crippen molar-refractivity contribution in [2.24, 2.45) is 35.3 Å². The topological polar surface area (TPSA) is 486 Å². The van der Waals surface area contributed by atoms with Gasteiger partial charge in [-0.25, -0.2) is 29.4 Å². The quantitative estimate of drug-likeness (QED) is 0.0109. The second kappa shape index (κ2) is 53.9. The maximum atomic E-state index is 14.7. The molecule has 11 rings (SSSR count). The van der Waals surface area contributed by atoms with Crippen LogP contribution in [0, 0.1) is 29.6 Å². The zero-order chi connectivity index (χ0) is 95.5. The maximum Gasteiger partial charge on any atom is 0.329 e. The minimum absolute atomic E-state index is 0.0165. The number of methoxy groups -OCH3 is 3. The summed E-state index contributed by atoms with van der Waals surface area (Å²) in [6, 6.07) is 5.22. The number of aliphatic hydroxyl groups excluding tert-OH is 1. The van der Waals surface area contributed by atoms with E-state index in [0.29, 0.717) is 248 Å². The Hall–Kier alpha value is -9.40. The van der Waals surface area contributed by atoms with Crippen LogP contribution in [0.4, 0.5) is 17.7 Å². The first-order chi connectivity index (χ1) is 64.8. The van der Waals surface area contributed by atoms with E-state index in [0.717, 1.165) is 34.6 Å². The Bertz CT molecular complexity index is 4820. The Morgan fingerprint density at radius 2 is 1.35 bits per heavy atom. The Morgan fingerprint density at radius 3 is 2.03 bits per heavy atom. The number of anilines is 3. The first-order valence-corrected chi connectivity index (χ1v) is 47.2. The largest absolute Gasteiger partial charge is 0.459 e. The number of ketones is 3. The average molecular weight is 1870 g/mol. The molecule has 39 nitrogen and oxygen atoms in total. The van der Waals surface area contributed by atoms with Crippen LogP contribution in [0.2, 0.25) is 0 Å². The van der Waals surface area contributed by atoms with E-state index in [2.05, 4.69) is 40.1 Å². The van der Waals surface area contributed by atoms with Crippen LogP contribution in [-0.4, -0.2) is 332 Å². The van der Waals surface area contributed by atoms with Crippen LogP contribution in [0.3, 0.4) is 0 Å². The number of cyclic esters (lactones) is 1. The molecule has 5 aromatic heterocycles. The van der Waals surface area contributed by atoms with Crippen molar-refractivity contribution < 1.29 is 110 Å². The van der Waals surface area contributed by atoms with Crippen molar-refractivity contribution >= 4 is 74.9 Å². The predicted molar refractivity (Wildman–Crippen MR) is 495 cm³/mol. The summed E-state index contributed by atoms with van der Waals surface area (Å²) in [5.41, 5.74) is 24.2. The number of oxazole rings is 1. The highest BCUT2D eigenvalue weighted by Gasteiger charge is 2.53. The minimum atomic E-state index is -2.48. The van der Waals surface area contributed by atoms with Crippen molar-refractivity contribution in [2.75, 3.05) is 183 Å². The number of aliphatic hydroxyl groups is 2. The number of benzene rings is 1. The Kier molecular flexibility index (Phi) is 42.3. The second-order valence-electron chi connectivity index (χ2n) is 35.3. The third-order valence-electron chi connectivity index (χ3n) is 25.5. The molecule has 2 amide bonds. The number of unbranched alkanes of at least 4 members (excludes halogenated alkanes) is 1. The van der Waals surface area contributed by atoms with Crippen LogP contribution < -0.4 is 22.1 Å². The molecule has 1 aromatic carbocycles. The Morgan fingerprint density at radius 1 is 0.679 bits per heavy atom. The van der Waals surface area contributed by atoms with Gasteiger partial charge in [-0.05, 0) is 138 Å². The maximum absolute atomic E-state index is 14.7. The van der Waals surface area contributed by atoms with Crippen LogP contribution in [0.5, 0.6) is 0 Å². The average Bonchev–Trinajstić information content (AvgIpc) is 1.55. The summed E-state index contributed by atoms with van der Waals surface area (Å²) < 4.78 is 90.7. The van der Waals surface area contributed by atoms with Crippen molar-refractivity contribution in [3.05, 3.63) is 96.4 Å². The van der Waals surface area contributed by atoms with Crippen LogP contribution in [0.25, 0.3) is 39.2 Å². The van der Waals surface area contributed by atoms with E-state index < -0.39 is 83.8 Å². The number of rotatable bonds is 42. The second-order valence-corrected chi connectivity index (χ2v) is 35.3. The van der Waals surface area contributed by atoms with Gasteiger partial charge in [0.25, 0.3) is 17.7 Å². The standard InChI is InChI=1S/C95H140N16O23/c1-62-17-11-10-12-18-63(2)78(120-7)56-71-24-21-67(6)95(119,134-71)89(116)92(117)110-28-15-13-20-74(110)93(118)132-79(57-75(112)64(3)52-66(5)87(115)88(122-9)86(114)65(4)51-62)72(96)53-68-22-25-77(80(54-68)121-8)131-34-16-14-19-70-59-109(106-104-70)33-36-124-38-40-126-42-44-128-46-48-130-50-49-129-47-45-127-43-41-125-39-37-123-35-27-83(113)108-31-29-107(30-32-108)81-58-82(100-60-99-81)111-91-84(90(97)101-61-102-91)85(105-111)69-23-26-76-73(55-69)103-94(98)133-76/h10-12,17-18,23,26,52,55,58-62,64-65,67-68,71-72,74,77-80,87-88,115,119H,13-16,19-22,24-25,27-51,53-54,56-57,96H2,1-9H3,(H2,98,103)(H2,97,101,102)/b12-10+,17-11+,63-18+,66-52+/t62-,64-,65-,67-,68+,71+,72-,74+,77-,78+,79+,80-,87-,88+,95-/m1/s1. The van der Waals surface area contributed by atoms with Crippen molar-refractivity contribution in [3.63, 3.8) is 0 Å². The molecule has 4 aliphatic heterocycles. The van der Waals surface area contributed by atoms with Gasteiger partial charge in [0.1, 0.15) is 65.6 Å². The first-order valence-electron chi connectivity index (χ1n) is 47.2. The first kappa shape index (κ1) is 105. The number of carbonyl (C=O) groups excluding carboxylic acids is 6. The lowest BCUT2D eigenvalue weighted by molar-refractivity contribution is -0.265. The lowest BCUT2D eigenvalue weighted by Crippen LogP contribution is -2.61. The van der Waals surface area contributed by atoms with E-state index in [1.165, 1.54) is 19.8 Å². The molecule has 1 saturated carbocycles. The van der Waals surface area contributed by atoms with Gasteiger partial charge >= 0.3 is 5.97 Å². The van der Waals surface area contributed by atoms with Crippen molar-refractivity contribution in [1.29, 1.82) is 0 Å². The molecule has 4 fully saturated rings. The Balaban J connectivity index is 0.501. The summed E-state index contributed by atoms with van der Waals surface area (Å²) in [6.07, 6.45) is 18.0. The third-order valence-corrected chi connectivity index (χ3v) is 25.5. The molecule has 9 heterocycles. The molecule has 0 unspecified atom stereocenters. The highest BCUT2D eigenvalue weighted by molar-refractivity contribution is 6.39. The number of nitrogens with two attached hydrogens (primary N) is 3. The number of Topliss-reactive ketones (excluding diaryl/α,β-unsaturated/α-hetero) is 3. The molecule has 6 aromatic rings. The molecule has 0 spiro atoms. The fraction of sp³-hybridized carbons (Fsp3) is 0.663. The van der Waals surface area contributed by atoms with Gasteiger partial charge in [-0.3, -0.25) is 24.0 Å². The molecule has 0 radical (unpaired) electrons. The summed E-state index contributed by atoms with van der Waals surface area (Å²) in [7, 11) is 4.59. The van der Waals surface area contributed by atoms with Crippen LogP contribution in [0.1, 0.15) is 144 Å². The monoisotopic (exact) mass is 1870 g/mol. The van der Waals surface area contributed by atoms with E-state index in [1.807, 2.05) is 73.5 Å². The molecule has 5 aliphatic rings. The minimum Gasteiger partial charge on any atom is -0.459 e. The molecule has 738 valence electrons. The van der Waals surface area contributed by atoms with Gasteiger partial charge in [0.2, 0.25) is 11.7 Å². The van der Waals surface area contributed by atoms with Gasteiger partial charge in [-0.2, -0.15) is 14.8 Å². The number of allylic oxidation sites excluding steroid dienone is 6. The van der Waals surface area contributed by atoms with Crippen molar-refractivity contribution in [1.82, 2.24) is 59.5 Å². The normalized spacial score (nSPS) is 26.5. The number of carbonyl (C=O) groups is 6. The van der Waals surface area contributed by atoms with Crippen molar-refractivity contribution in [3.8, 4) is 17.1 Å². The van der Waals surface area contributed by atoms with Gasteiger partial charge in [-0.1, -0.05) is 69.4 Å². The summed E-state index contributed by atoms with van der Waals surface area (Å²) >= 11 is 0. The molecular formula is C95H140N16O23. The van der Waals surface area contributed by atoms with Gasteiger partial charge in [0.15, 0.2) is 22.8 Å². The molecule has 15 atom stereocenters.